The van der Waals surface area contributed by atoms with E-state index in [1.807, 2.05) is 6.92 Å². The molecule has 1 N–H and O–H groups in total. The van der Waals surface area contributed by atoms with Crippen molar-refractivity contribution < 1.29 is 27.5 Å². The van der Waals surface area contributed by atoms with Crippen LogP contribution in [0.1, 0.15) is 32.8 Å². The van der Waals surface area contributed by atoms with Crippen LogP contribution in [-0.2, 0) is 15.1 Å². The number of cyclic esters (lactones) is 1. The molecule has 11 heteroatoms. The first kappa shape index (κ1) is 25.3. The zero-order valence-corrected chi connectivity index (χ0v) is 21.0. The van der Waals surface area contributed by atoms with Crippen molar-refractivity contribution in [2.24, 2.45) is 5.41 Å². The highest BCUT2D eigenvalue weighted by Gasteiger charge is 2.65. The summed E-state index contributed by atoms with van der Waals surface area (Å²) in [6, 6.07) is 3.49. The van der Waals surface area contributed by atoms with Crippen LogP contribution in [0, 0.1) is 5.41 Å². The van der Waals surface area contributed by atoms with Gasteiger partial charge in [-0.2, -0.15) is 24.9 Å². The maximum Gasteiger partial charge on any atom is 0.434 e. The van der Waals surface area contributed by atoms with Crippen LogP contribution in [-0.4, -0.2) is 46.7 Å². The number of alkyl halides is 3. The summed E-state index contributed by atoms with van der Waals surface area (Å²) in [6.45, 7) is 4.69. The third-order valence-electron chi connectivity index (χ3n) is 6.67. The predicted octanol–water partition coefficient (Wildman–Crippen LogP) is 6.07. The molecule has 2 unspecified atom stereocenters. The van der Waals surface area contributed by atoms with Crippen LogP contribution in [0.15, 0.2) is 41.6 Å². The Kier molecular flexibility index (Phi) is 6.23. The minimum atomic E-state index is -4.93. The number of amides is 2. The number of thioether (sulfide) groups is 1. The summed E-state index contributed by atoms with van der Waals surface area (Å²) in [6.07, 6.45) is -2.67. The molecule has 1 aliphatic carbocycles. The molecular weight excluding hydrogens is 512 g/mol. The number of hydrogen-bond donors (Lipinski definition) is 1. The van der Waals surface area contributed by atoms with Crippen molar-refractivity contribution in [2.75, 3.05) is 18.1 Å². The molecule has 0 saturated carbocycles. The molecule has 184 valence electrons. The largest absolute Gasteiger partial charge is 0.434 e. The van der Waals surface area contributed by atoms with Crippen molar-refractivity contribution in [3.05, 3.63) is 57.2 Å². The standard InChI is InChI=1S/C23H23Cl2F3N2O3S/c1-13-6-17(4-5-21(13,3)18(31)29-20(2)11-34-12-20)30-10-22(23(26,27)28,33-19(30)32)14-7-15(24)9-16(25)8-14/h4,6-9H,5,10-12H2,1-3H3,(H,29,31). The molecule has 34 heavy (non-hydrogen) atoms. The van der Waals surface area contributed by atoms with E-state index < -0.39 is 29.8 Å². The average molecular weight is 535 g/mol. The number of benzene rings is 1. The summed E-state index contributed by atoms with van der Waals surface area (Å²) in [4.78, 5) is 26.7. The van der Waals surface area contributed by atoms with E-state index in [2.05, 4.69) is 5.32 Å². The number of nitrogens with one attached hydrogen (secondary N) is 1. The van der Waals surface area contributed by atoms with Crippen molar-refractivity contribution >= 4 is 47.0 Å². The first-order valence-electron chi connectivity index (χ1n) is 10.5. The van der Waals surface area contributed by atoms with Gasteiger partial charge in [0.05, 0.1) is 17.5 Å². The molecule has 2 saturated heterocycles. The minimum absolute atomic E-state index is 0.00594. The molecule has 2 aliphatic heterocycles. The average Bonchev–Trinajstić information content (AvgIpc) is 3.07. The molecular formula is C23H23Cl2F3N2O3S. The Morgan fingerprint density at radius 3 is 2.29 bits per heavy atom. The molecule has 0 radical (unpaired) electrons. The molecule has 1 aromatic rings. The molecule has 1 aromatic carbocycles. The molecule has 0 spiro atoms. The minimum Gasteiger partial charge on any atom is -0.426 e. The van der Waals surface area contributed by atoms with Crippen LogP contribution in [0.3, 0.4) is 0 Å². The summed E-state index contributed by atoms with van der Waals surface area (Å²) in [5.74, 6) is 1.50. The van der Waals surface area contributed by atoms with Crippen LogP contribution in [0.25, 0.3) is 0 Å². The second kappa shape index (κ2) is 8.38. The number of halogens is 5. The smallest absolute Gasteiger partial charge is 0.426 e. The lowest BCUT2D eigenvalue weighted by atomic mass is 9.75. The third-order valence-corrected chi connectivity index (χ3v) is 8.79. The fraction of sp³-hybridized carbons (Fsp3) is 0.478. The molecule has 0 bridgehead atoms. The van der Waals surface area contributed by atoms with Crippen LogP contribution >= 0.6 is 35.0 Å². The Labute approximate surface area is 209 Å². The quantitative estimate of drug-likeness (QED) is 0.509. The second-order valence-electron chi connectivity index (χ2n) is 9.44. The Morgan fingerprint density at radius 2 is 1.79 bits per heavy atom. The van der Waals surface area contributed by atoms with E-state index in [9.17, 15) is 22.8 Å². The van der Waals surface area contributed by atoms with E-state index in [4.69, 9.17) is 27.9 Å². The summed E-state index contributed by atoms with van der Waals surface area (Å²) in [7, 11) is 0. The molecule has 2 atom stereocenters. The van der Waals surface area contributed by atoms with Crippen molar-refractivity contribution in [3.63, 3.8) is 0 Å². The molecule has 2 heterocycles. The van der Waals surface area contributed by atoms with Crippen LogP contribution in [0.4, 0.5) is 18.0 Å². The van der Waals surface area contributed by atoms with Gasteiger partial charge in [-0.25, -0.2) is 4.79 Å². The van der Waals surface area contributed by atoms with E-state index in [1.165, 1.54) is 6.07 Å². The molecule has 4 rings (SSSR count). The number of carbonyl (C=O) groups excluding carboxylic acids is 2. The number of carbonyl (C=O) groups is 2. The molecule has 3 aliphatic rings. The molecule has 2 amide bonds. The fourth-order valence-corrected chi connectivity index (χ4v) is 5.72. The first-order valence-corrected chi connectivity index (χ1v) is 12.4. The first-order chi connectivity index (χ1) is 15.7. The van der Waals surface area contributed by atoms with E-state index >= 15 is 0 Å². The monoisotopic (exact) mass is 534 g/mol. The molecule has 5 nitrogen and oxygen atoms in total. The topological polar surface area (TPSA) is 58.6 Å². The lowest BCUT2D eigenvalue weighted by Crippen LogP contribution is -2.59. The number of hydrogen-bond acceptors (Lipinski definition) is 4. The van der Waals surface area contributed by atoms with Crippen molar-refractivity contribution in [1.82, 2.24) is 10.2 Å². The van der Waals surface area contributed by atoms with Crippen molar-refractivity contribution in [2.45, 2.75) is 44.5 Å². The predicted molar refractivity (Wildman–Crippen MR) is 126 cm³/mol. The summed E-state index contributed by atoms with van der Waals surface area (Å²) in [5.41, 5.74) is -3.55. The number of rotatable bonds is 4. The highest BCUT2D eigenvalue weighted by Crippen LogP contribution is 2.49. The van der Waals surface area contributed by atoms with E-state index in [0.717, 1.165) is 28.5 Å². The Balaban J connectivity index is 1.62. The van der Waals surface area contributed by atoms with Gasteiger partial charge in [-0.1, -0.05) is 34.9 Å². The lowest BCUT2D eigenvalue weighted by molar-refractivity contribution is -0.251. The van der Waals surface area contributed by atoms with E-state index in [1.54, 1.807) is 37.8 Å². The van der Waals surface area contributed by atoms with Crippen molar-refractivity contribution in [1.29, 1.82) is 0 Å². The lowest BCUT2D eigenvalue weighted by Gasteiger charge is -2.42. The Bertz CT molecular complexity index is 1100. The maximum atomic E-state index is 14.3. The number of ether oxygens (including phenoxy) is 1. The number of nitrogens with zero attached hydrogens (tertiary/aromatic N) is 1. The van der Waals surface area contributed by atoms with Gasteiger partial charge in [0.25, 0.3) is 5.60 Å². The molecule has 2 fully saturated rings. The zero-order valence-electron chi connectivity index (χ0n) is 18.7. The third kappa shape index (κ3) is 4.20. The highest BCUT2D eigenvalue weighted by molar-refractivity contribution is 8.00. The van der Waals surface area contributed by atoms with Gasteiger partial charge in [-0.3, -0.25) is 9.69 Å². The van der Waals surface area contributed by atoms with Gasteiger partial charge in [0.15, 0.2) is 0 Å². The van der Waals surface area contributed by atoms with Crippen LogP contribution in [0.2, 0.25) is 10.0 Å². The van der Waals surface area contributed by atoms with E-state index in [-0.39, 0.29) is 39.2 Å². The van der Waals surface area contributed by atoms with E-state index in [0.29, 0.717) is 5.57 Å². The fourth-order valence-electron chi connectivity index (χ4n) is 4.23. The van der Waals surface area contributed by atoms with Gasteiger partial charge in [0, 0.05) is 32.8 Å². The zero-order chi connectivity index (χ0) is 25.1. The van der Waals surface area contributed by atoms with Gasteiger partial charge in [0.2, 0.25) is 5.91 Å². The van der Waals surface area contributed by atoms with Crippen LogP contribution < -0.4 is 5.32 Å². The van der Waals surface area contributed by atoms with Gasteiger partial charge in [-0.05, 0) is 51.5 Å². The Hall–Kier alpha value is -1.84. The summed E-state index contributed by atoms with van der Waals surface area (Å²) >= 11 is 13.6. The van der Waals surface area contributed by atoms with Crippen molar-refractivity contribution in [3.8, 4) is 0 Å². The highest BCUT2D eigenvalue weighted by atomic mass is 35.5. The van der Waals surface area contributed by atoms with Gasteiger partial charge >= 0.3 is 12.3 Å². The van der Waals surface area contributed by atoms with Gasteiger partial charge in [-0.15, -0.1) is 0 Å². The second-order valence-corrected chi connectivity index (χ2v) is 11.3. The SMILES string of the molecule is CC1=CC(N2CC(c3cc(Cl)cc(Cl)c3)(C(F)(F)F)OC2=O)=CCC1(C)C(=O)NC1(C)CSC1. The summed E-state index contributed by atoms with van der Waals surface area (Å²) < 4.78 is 47.9. The van der Waals surface area contributed by atoms with Crippen LogP contribution in [0.5, 0.6) is 0 Å². The summed E-state index contributed by atoms with van der Waals surface area (Å²) in [5, 5.41) is 3.07. The molecule has 0 aromatic heterocycles. The Morgan fingerprint density at radius 1 is 1.18 bits per heavy atom. The van der Waals surface area contributed by atoms with Gasteiger partial charge < -0.3 is 10.1 Å². The van der Waals surface area contributed by atoms with Gasteiger partial charge in [0.1, 0.15) is 0 Å². The number of allylic oxidation sites excluding steroid dienone is 2. The maximum absolute atomic E-state index is 14.3. The normalized spacial score (nSPS) is 28.6.